The van der Waals surface area contributed by atoms with Crippen molar-refractivity contribution in [3.63, 3.8) is 0 Å². The SMILES string of the molecule is CCNCc1cncc(-c2ccc3[nH]nc(-c4nc5c(-c6ccccc6F)cncc5[nH]4)c3c2)c1. The largest absolute Gasteiger partial charge is 0.335 e. The van der Waals surface area contributed by atoms with Gasteiger partial charge < -0.3 is 10.3 Å². The summed E-state index contributed by atoms with van der Waals surface area (Å²) in [6.07, 6.45) is 7.07. The van der Waals surface area contributed by atoms with Crippen LogP contribution in [0.5, 0.6) is 0 Å². The molecular formula is C27H22FN7. The third kappa shape index (κ3) is 3.83. The first kappa shape index (κ1) is 21.1. The average molecular weight is 464 g/mol. The number of H-pyrrole nitrogens is 2. The minimum absolute atomic E-state index is 0.314. The van der Waals surface area contributed by atoms with Crippen LogP contribution in [-0.2, 0) is 6.54 Å². The first-order chi connectivity index (χ1) is 17.2. The average Bonchev–Trinajstić information content (AvgIpc) is 3.51. The van der Waals surface area contributed by atoms with Gasteiger partial charge in [-0.05, 0) is 41.9 Å². The van der Waals surface area contributed by atoms with Crippen molar-refractivity contribution >= 4 is 21.9 Å². The van der Waals surface area contributed by atoms with E-state index >= 15 is 0 Å². The Kier molecular flexibility index (Phi) is 5.27. The van der Waals surface area contributed by atoms with Gasteiger partial charge in [0.1, 0.15) is 17.0 Å². The van der Waals surface area contributed by atoms with Gasteiger partial charge in [-0.1, -0.05) is 31.2 Å². The van der Waals surface area contributed by atoms with Gasteiger partial charge in [0.25, 0.3) is 0 Å². The van der Waals surface area contributed by atoms with Crippen LogP contribution in [0.4, 0.5) is 4.39 Å². The first-order valence-corrected chi connectivity index (χ1v) is 11.4. The highest BCUT2D eigenvalue weighted by molar-refractivity contribution is 5.98. The number of hydrogen-bond donors (Lipinski definition) is 3. The summed E-state index contributed by atoms with van der Waals surface area (Å²) >= 11 is 0. The lowest BCUT2D eigenvalue weighted by Gasteiger charge is -2.06. The summed E-state index contributed by atoms with van der Waals surface area (Å²) in [5.41, 5.74) is 7.24. The Balaban J connectivity index is 1.45. The molecule has 6 aromatic rings. The molecule has 7 nitrogen and oxygen atoms in total. The van der Waals surface area contributed by atoms with Crippen LogP contribution >= 0.6 is 0 Å². The second-order valence-electron chi connectivity index (χ2n) is 8.34. The van der Waals surface area contributed by atoms with Crippen LogP contribution in [0.25, 0.3) is 55.7 Å². The summed E-state index contributed by atoms with van der Waals surface area (Å²) in [4.78, 5) is 16.8. The molecule has 0 atom stereocenters. The lowest BCUT2D eigenvalue weighted by Crippen LogP contribution is -2.11. The fraction of sp³-hybridized carbons (Fsp3) is 0.111. The van der Waals surface area contributed by atoms with Gasteiger partial charge in [0.15, 0.2) is 5.82 Å². The van der Waals surface area contributed by atoms with E-state index in [1.807, 2.05) is 18.5 Å². The summed E-state index contributed by atoms with van der Waals surface area (Å²) in [5.74, 6) is 0.277. The summed E-state index contributed by atoms with van der Waals surface area (Å²) in [6, 6.07) is 14.9. The second-order valence-corrected chi connectivity index (χ2v) is 8.34. The van der Waals surface area contributed by atoms with Crippen molar-refractivity contribution in [1.29, 1.82) is 0 Å². The van der Waals surface area contributed by atoms with Gasteiger partial charge in [0.05, 0.1) is 17.2 Å². The lowest BCUT2D eigenvalue weighted by molar-refractivity contribution is 0.631. The molecule has 0 saturated heterocycles. The molecule has 0 amide bonds. The van der Waals surface area contributed by atoms with Crippen molar-refractivity contribution in [3.8, 4) is 33.8 Å². The highest BCUT2D eigenvalue weighted by Crippen LogP contribution is 2.33. The van der Waals surface area contributed by atoms with E-state index in [9.17, 15) is 4.39 Å². The van der Waals surface area contributed by atoms with E-state index in [0.717, 1.165) is 40.7 Å². The van der Waals surface area contributed by atoms with E-state index in [-0.39, 0.29) is 5.82 Å². The zero-order valence-electron chi connectivity index (χ0n) is 19.0. The first-order valence-electron chi connectivity index (χ1n) is 11.4. The van der Waals surface area contributed by atoms with Crippen molar-refractivity contribution in [3.05, 3.63) is 84.7 Å². The number of imidazole rings is 1. The number of aromatic nitrogens is 6. The maximum Gasteiger partial charge on any atom is 0.159 e. The molecule has 35 heavy (non-hydrogen) atoms. The van der Waals surface area contributed by atoms with Crippen LogP contribution in [0.3, 0.4) is 0 Å². The Hall–Kier alpha value is -4.43. The number of aromatic amines is 2. The maximum atomic E-state index is 14.5. The van der Waals surface area contributed by atoms with E-state index in [1.54, 1.807) is 30.6 Å². The molecule has 4 aromatic heterocycles. The number of fused-ring (bicyclic) bond motifs is 2. The van der Waals surface area contributed by atoms with Crippen LogP contribution in [0.15, 0.2) is 73.3 Å². The van der Waals surface area contributed by atoms with Crippen LogP contribution in [0.1, 0.15) is 12.5 Å². The number of nitrogens with zero attached hydrogens (tertiary/aromatic N) is 4. The maximum absolute atomic E-state index is 14.5. The minimum Gasteiger partial charge on any atom is -0.335 e. The fourth-order valence-electron chi connectivity index (χ4n) is 4.31. The van der Waals surface area contributed by atoms with E-state index < -0.39 is 0 Å². The lowest BCUT2D eigenvalue weighted by atomic mass is 10.0. The number of halogens is 1. The van der Waals surface area contributed by atoms with Crippen molar-refractivity contribution < 1.29 is 4.39 Å². The molecule has 0 saturated carbocycles. The number of nitrogens with one attached hydrogen (secondary N) is 3. The molecule has 0 aliphatic carbocycles. The summed E-state index contributed by atoms with van der Waals surface area (Å²) in [7, 11) is 0. The van der Waals surface area contributed by atoms with Gasteiger partial charge in [-0.15, -0.1) is 0 Å². The van der Waals surface area contributed by atoms with Crippen molar-refractivity contribution in [2.45, 2.75) is 13.5 Å². The van der Waals surface area contributed by atoms with Gasteiger partial charge in [0, 0.05) is 47.2 Å². The predicted octanol–water partition coefficient (Wildman–Crippen LogP) is 5.48. The molecule has 4 heterocycles. The van der Waals surface area contributed by atoms with Gasteiger partial charge in [-0.3, -0.25) is 15.1 Å². The molecule has 0 aliphatic heterocycles. The molecule has 0 unspecified atom stereocenters. The molecule has 6 rings (SSSR count). The monoisotopic (exact) mass is 463 g/mol. The second kappa shape index (κ2) is 8.73. The number of benzene rings is 2. The molecule has 0 spiro atoms. The van der Waals surface area contributed by atoms with Crippen LogP contribution < -0.4 is 5.32 Å². The van der Waals surface area contributed by atoms with E-state index in [0.29, 0.717) is 33.7 Å². The molecule has 8 heteroatoms. The summed E-state index contributed by atoms with van der Waals surface area (Å²) in [5, 5.41) is 11.9. The van der Waals surface area contributed by atoms with Crippen LogP contribution in [0, 0.1) is 5.82 Å². The van der Waals surface area contributed by atoms with Crippen LogP contribution in [0.2, 0.25) is 0 Å². The molecular weight excluding hydrogens is 441 g/mol. The Morgan fingerprint density at radius 2 is 1.77 bits per heavy atom. The molecule has 2 aromatic carbocycles. The van der Waals surface area contributed by atoms with Gasteiger partial charge in [-0.2, -0.15) is 5.10 Å². The standard InChI is InChI=1S/C27H22FN7/c1-2-29-11-16-9-18(13-30-12-16)17-7-8-23-20(10-17)26(35-34-23)27-32-24-15-31-14-21(25(24)33-27)19-5-3-4-6-22(19)28/h3-10,12-15,29H,2,11H2,1H3,(H,32,33)(H,34,35). The number of rotatable bonds is 6. The van der Waals surface area contributed by atoms with Crippen molar-refractivity contribution in [2.24, 2.45) is 0 Å². The van der Waals surface area contributed by atoms with Gasteiger partial charge in [-0.25, -0.2) is 9.37 Å². The predicted molar refractivity (Wildman–Crippen MR) is 135 cm³/mol. The number of hydrogen-bond acceptors (Lipinski definition) is 5. The van der Waals surface area contributed by atoms with Crippen molar-refractivity contribution in [1.82, 2.24) is 35.5 Å². The normalized spacial score (nSPS) is 11.5. The Morgan fingerprint density at radius 3 is 2.66 bits per heavy atom. The van der Waals surface area contributed by atoms with E-state index in [1.165, 1.54) is 6.07 Å². The minimum atomic E-state index is -0.314. The van der Waals surface area contributed by atoms with E-state index in [2.05, 4.69) is 55.6 Å². The Labute approximate surface area is 200 Å². The fourth-order valence-corrected chi connectivity index (χ4v) is 4.31. The molecule has 0 radical (unpaired) electrons. The molecule has 172 valence electrons. The molecule has 3 N–H and O–H groups in total. The Morgan fingerprint density at radius 1 is 0.886 bits per heavy atom. The molecule has 0 aliphatic rings. The van der Waals surface area contributed by atoms with Gasteiger partial charge >= 0.3 is 0 Å². The highest BCUT2D eigenvalue weighted by atomic mass is 19.1. The van der Waals surface area contributed by atoms with Gasteiger partial charge in [0.2, 0.25) is 0 Å². The molecule has 0 fully saturated rings. The van der Waals surface area contributed by atoms with Crippen LogP contribution in [-0.4, -0.2) is 36.7 Å². The zero-order chi connectivity index (χ0) is 23.8. The summed E-state index contributed by atoms with van der Waals surface area (Å²) in [6.45, 7) is 3.76. The number of pyridine rings is 2. The topological polar surface area (TPSA) is 95.2 Å². The summed E-state index contributed by atoms with van der Waals surface area (Å²) < 4.78 is 14.5. The highest BCUT2D eigenvalue weighted by Gasteiger charge is 2.17. The third-order valence-corrected chi connectivity index (χ3v) is 6.05. The Bertz CT molecular complexity index is 1670. The quantitative estimate of drug-likeness (QED) is 0.304. The van der Waals surface area contributed by atoms with Crippen molar-refractivity contribution in [2.75, 3.05) is 6.54 Å². The van der Waals surface area contributed by atoms with E-state index in [4.69, 9.17) is 4.98 Å². The third-order valence-electron chi connectivity index (χ3n) is 6.05. The smallest absolute Gasteiger partial charge is 0.159 e. The zero-order valence-corrected chi connectivity index (χ0v) is 19.0. The molecule has 0 bridgehead atoms.